The topological polar surface area (TPSA) is 85.5 Å². The van der Waals surface area contributed by atoms with Gasteiger partial charge in [0.1, 0.15) is 17.5 Å². The van der Waals surface area contributed by atoms with E-state index >= 15 is 0 Å². The van der Waals surface area contributed by atoms with Crippen LogP contribution in [0.2, 0.25) is 0 Å². The maximum absolute atomic E-state index is 4.94. The van der Waals surface area contributed by atoms with Crippen molar-refractivity contribution in [1.29, 1.82) is 0 Å². The molecule has 2 aromatic rings. The van der Waals surface area contributed by atoms with Crippen LogP contribution in [-0.2, 0) is 0 Å². The summed E-state index contributed by atoms with van der Waals surface area (Å²) >= 11 is 0. The van der Waals surface area contributed by atoms with E-state index in [0.29, 0.717) is 30.0 Å². The Morgan fingerprint density at radius 3 is 1.82 bits per heavy atom. The quantitative estimate of drug-likeness (QED) is 0.424. The fourth-order valence-electron chi connectivity index (χ4n) is 8.31. The lowest BCUT2D eigenvalue weighted by Crippen LogP contribution is -2.32. The Labute approximate surface area is 239 Å². The SMILES string of the molecule is C1=CCNC(c2nnc(C3CCCCC3)n2C2CCC(n3c(C4CCCCC4)nnc3C3CCCCN3)CC2)=C1. The van der Waals surface area contributed by atoms with Gasteiger partial charge in [0, 0.05) is 30.5 Å². The molecular weight excluding hydrogens is 496 g/mol. The lowest BCUT2D eigenvalue weighted by molar-refractivity contribution is 0.245. The summed E-state index contributed by atoms with van der Waals surface area (Å²) in [5, 5.41) is 26.9. The third-order valence-corrected chi connectivity index (χ3v) is 10.5. The summed E-state index contributed by atoms with van der Waals surface area (Å²) in [5.74, 6) is 5.94. The van der Waals surface area contributed by atoms with Crippen LogP contribution < -0.4 is 10.6 Å². The number of aromatic nitrogens is 6. The number of hydrogen-bond donors (Lipinski definition) is 2. The predicted molar refractivity (Wildman–Crippen MR) is 158 cm³/mol. The Balaban J connectivity index is 1.17. The van der Waals surface area contributed by atoms with E-state index in [4.69, 9.17) is 20.4 Å². The van der Waals surface area contributed by atoms with Gasteiger partial charge in [0.15, 0.2) is 5.82 Å². The summed E-state index contributed by atoms with van der Waals surface area (Å²) in [4.78, 5) is 0. The fraction of sp³-hybridized carbons (Fsp3) is 0.750. The molecule has 3 aliphatic carbocycles. The van der Waals surface area contributed by atoms with Gasteiger partial charge in [-0.05, 0) is 76.8 Å². The zero-order valence-corrected chi connectivity index (χ0v) is 24.2. The maximum Gasteiger partial charge on any atom is 0.180 e. The third-order valence-electron chi connectivity index (χ3n) is 10.5. The minimum absolute atomic E-state index is 0.357. The molecule has 0 aromatic carbocycles. The van der Waals surface area contributed by atoms with E-state index in [1.165, 1.54) is 127 Å². The number of dihydropyridines is 1. The molecule has 0 amide bonds. The van der Waals surface area contributed by atoms with E-state index in [1.54, 1.807) is 0 Å². The zero-order valence-electron chi connectivity index (χ0n) is 24.2. The summed E-state index contributed by atoms with van der Waals surface area (Å²) in [6, 6.07) is 1.31. The Morgan fingerprint density at radius 2 is 1.20 bits per heavy atom. The number of piperidine rings is 1. The molecule has 0 bridgehead atoms. The predicted octanol–water partition coefficient (Wildman–Crippen LogP) is 6.64. The largest absolute Gasteiger partial charge is 0.379 e. The summed E-state index contributed by atoms with van der Waals surface area (Å²) in [6.07, 6.45) is 28.0. The third kappa shape index (κ3) is 5.28. The van der Waals surface area contributed by atoms with E-state index in [0.717, 1.165) is 24.6 Å². The number of rotatable bonds is 6. The standard InChI is InChI=1S/C32H48N8/c1-3-11-23(12-4-1)29-35-37-31(27-15-7-9-21-33-27)39(29)25-17-19-26(20-18-25)40-30(24-13-5-2-6-14-24)36-38-32(40)28-16-8-10-22-34-28/h7,9,15,23-26,28,33-34H,1-6,8,10-14,16-22H2. The highest BCUT2D eigenvalue weighted by molar-refractivity contribution is 5.61. The summed E-state index contributed by atoms with van der Waals surface area (Å²) < 4.78 is 5.22. The highest BCUT2D eigenvalue weighted by Crippen LogP contribution is 2.43. The molecule has 8 nitrogen and oxygen atoms in total. The molecule has 0 radical (unpaired) electrons. The van der Waals surface area contributed by atoms with Gasteiger partial charge in [-0.25, -0.2) is 0 Å². The van der Waals surface area contributed by atoms with Crippen molar-refractivity contribution in [3.05, 3.63) is 41.5 Å². The highest BCUT2D eigenvalue weighted by Gasteiger charge is 2.35. The van der Waals surface area contributed by atoms with Gasteiger partial charge >= 0.3 is 0 Å². The molecule has 7 rings (SSSR count). The summed E-state index contributed by atoms with van der Waals surface area (Å²) in [6.45, 7) is 1.96. The molecule has 2 aromatic heterocycles. The van der Waals surface area contributed by atoms with Crippen molar-refractivity contribution >= 4 is 5.70 Å². The molecule has 0 spiro atoms. The van der Waals surface area contributed by atoms with Crippen molar-refractivity contribution in [1.82, 2.24) is 40.2 Å². The van der Waals surface area contributed by atoms with E-state index in [1.807, 2.05) is 0 Å². The molecule has 4 fully saturated rings. The average Bonchev–Trinajstić information content (AvgIpc) is 3.69. The molecule has 5 aliphatic rings. The van der Waals surface area contributed by atoms with Crippen LogP contribution >= 0.6 is 0 Å². The number of allylic oxidation sites excluding steroid dienone is 2. The van der Waals surface area contributed by atoms with Crippen LogP contribution in [0.15, 0.2) is 18.2 Å². The number of nitrogens with one attached hydrogen (secondary N) is 2. The van der Waals surface area contributed by atoms with E-state index in [-0.39, 0.29) is 0 Å². The molecule has 2 N–H and O–H groups in total. The van der Waals surface area contributed by atoms with Gasteiger partial charge in [0.2, 0.25) is 0 Å². The van der Waals surface area contributed by atoms with Gasteiger partial charge in [-0.3, -0.25) is 0 Å². The minimum Gasteiger partial charge on any atom is -0.379 e. The van der Waals surface area contributed by atoms with Crippen LogP contribution in [0.4, 0.5) is 0 Å². The molecule has 8 heteroatoms. The monoisotopic (exact) mass is 544 g/mol. The molecule has 1 atom stereocenters. The van der Waals surface area contributed by atoms with Crippen LogP contribution in [0.5, 0.6) is 0 Å². The van der Waals surface area contributed by atoms with Crippen molar-refractivity contribution in [2.75, 3.05) is 13.1 Å². The second-order valence-electron chi connectivity index (χ2n) is 13.1. The molecule has 2 aliphatic heterocycles. The minimum atomic E-state index is 0.357. The summed E-state index contributed by atoms with van der Waals surface area (Å²) in [7, 11) is 0. The maximum atomic E-state index is 4.94. The van der Waals surface area contributed by atoms with Crippen LogP contribution in [0.1, 0.15) is 162 Å². The lowest BCUT2D eigenvalue weighted by Gasteiger charge is -2.36. The number of hydrogen-bond acceptors (Lipinski definition) is 6. The Kier molecular flexibility index (Phi) is 8.04. The van der Waals surface area contributed by atoms with Gasteiger partial charge in [-0.15, -0.1) is 20.4 Å². The van der Waals surface area contributed by atoms with E-state index in [9.17, 15) is 0 Å². The second kappa shape index (κ2) is 12.2. The molecule has 1 unspecified atom stereocenters. The van der Waals surface area contributed by atoms with Crippen molar-refractivity contribution < 1.29 is 0 Å². The molecule has 3 saturated carbocycles. The van der Waals surface area contributed by atoms with Gasteiger partial charge in [0.25, 0.3) is 0 Å². The first-order valence-corrected chi connectivity index (χ1v) is 16.6. The van der Waals surface area contributed by atoms with Crippen molar-refractivity contribution in [2.45, 2.75) is 139 Å². The molecular formula is C32H48N8. The Bertz CT molecular complexity index is 1150. The first kappa shape index (κ1) is 26.4. The van der Waals surface area contributed by atoms with Gasteiger partial charge in [0.05, 0.1) is 11.7 Å². The first-order valence-electron chi connectivity index (χ1n) is 16.6. The zero-order chi connectivity index (χ0) is 26.7. The Hall–Kier alpha value is -2.48. The summed E-state index contributed by atoms with van der Waals surface area (Å²) in [5.41, 5.74) is 1.13. The smallest absolute Gasteiger partial charge is 0.180 e. The van der Waals surface area contributed by atoms with Gasteiger partial charge < -0.3 is 19.8 Å². The lowest BCUT2D eigenvalue weighted by atomic mass is 9.86. The van der Waals surface area contributed by atoms with Crippen LogP contribution in [-0.4, -0.2) is 42.6 Å². The molecule has 1 saturated heterocycles. The van der Waals surface area contributed by atoms with Gasteiger partial charge in [-0.1, -0.05) is 57.1 Å². The molecule has 216 valence electrons. The van der Waals surface area contributed by atoms with Crippen LogP contribution in [0, 0.1) is 0 Å². The highest BCUT2D eigenvalue weighted by atomic mass is 15.3. The van der Waals surface area contributed by atoms with Crippen LogP contribution in [0.3, 0.4) is 0 Å². The van der Waals surface area contributed by atoms with Crippen molar-refractivity contribution in [3.63, 3.8) is 0 Å². The van der Waals surface area contributed by atoms with Crippen LogP contribution in [0.25, 0.3) is 5.70 Å². The van der Waals surface area contributed by atoms with Gasteiger partial charge in [-0.2, -0.15) is 0 Å². The molecule has 40 heavy (non-hydrogen) atoms. The normalized spacial score (nSPS) is 28.8. The van der Waals surface area contributed by atoms with Crippen molar-refractivity contribution in [2.24, 2.45) is 0 Å². The molecule has 4 heterocycles. The Morgan fingerprint density at radius 1 is 0.600 bits per heavy atom. The average molecular weight is 545 g/mol. The van der Waals surface area contributed by atoms with E-state index in [2.05, 4.69) is 38.0 Å². The number of nitrogens with zero attached hydrogens (tertiary/aromatic N) is 6. The first-order chi connectivity index (χ1) is 19.9. The van der Waals surface area contributed by atoms with E-state index < -0.39 is 0 Å². The second-order valence-corrected chi connectivity index (χ2v) is 13.1. The van der Waals surface area contributed by atoms with Crippen molar-refractivity contribution in [3.8, 4) is 0 Å². The fourth-order valence-corrected chi connectivity index (χ4v) is 8.31.